The van der Waals surface area contributed by atoms with Crippen LogP contribution in [0.15, 0.2) is 146 Å². The summed E-state index contributed by atoms with van der Waals surface area (Å²) in [7, 11) is 0. The Balaban J connectivity index is 1.82. The first-order chi connectivity index (χ1) is 16.8. The van der Waals surface area contributed by atoms with Crippen LogP contribution < -0.4 is 4.90 Å². The summed E-state index contributed by atoms with van der Waals surface area (Å²) in [5.74, 6) is 0. The van der Waals surface area contributed by atoms with Gasteiger partial charge in [0, 0.05) is 5.69 Å². The Kier molecular flexibility index (Phi) is 6.54. The van der Waals surface area contributed by atoms with E-state index in [4.69, 9.17) is 0 Å². The van der Waals surface area contributed by atoms with Gasteiger partial charge in [-0.2, -0.15) is 0 Å². The zero-order valence-electron chi connectivity index (χ0n) is 19.5. The van der Waals surface area contributed by atoms with Gasteiger partial charge in [0.2, 0.25) is 0 Å². The van der Waals surface area contributed by atoms with Gasteiger partial charge in [-0.05, 0) is 40.8 Å². The Morgan fingerprint density at radius 2 is 0.676 bits per heavy atom. The fraction of sp³-hybridized carbons (Fsp3) is 0.0909. The van der Waals surface area contributed by atoms with E-state index in [9.17, 15) is 0 Å². The summed E-state index contributed by atoms with van der Waals surface area (Å²) in [6.07, 6.45) is 0. The van der Waals surface area contributed by atoms with Gasteiger partial charge < -0.3 is 4.90 Å². The van der Waals surface area contributed by atoms with Crippen LogP contribution >= 0.6 is 0 Å². The second kappa shape index (κ2) is 10.2. The fourth-order valence-electron chi connectivity index (χ4n) is 4.85. The molecule has 0 aliphatic heterocycles. The molecular weight excluding hydrogens is 410 g/mol. The van der Waals surface area contributed by atoms with Crippen LogP contribution in [0.1, 0.15) is 39.9 Å². The van der Waals surface area contributed by atoms with Crippen molar-refractivity contribution in [3.63, 3.8) is 0 Å². The molecule has 0 bridgehead atoms. The second-order valence-corrected chi connectivity index (χ2v) is 8.64. The number of rotatable bonds is 7. The van der Waals surface area contributed by atoms with E-state index in [1.54, 1.807) is 0 Å². The maximum atomic E-state index is 2.60. The normalized spacial score (nSPS) is 11.0. The lowest BCUT2D eigenvalue weighted by molar-refractivity contribution is 0.633. The predicted octanol–water partition coefficient (Wildman–Crippen LogP) is 8.38. The monoisotopic (exact) mass is 439 g/mol. The average molecular weight is 440 g/mol. The summed E-state index contributed by atoms with van der Waals surface area (Å²) in [6, 6.07) is 52.3. The minimum absolute atomic E-state index is 0.0360. The molecule has 5 aromatic rings. The van der Waals surface area contributed by atoms with E-state index in [1.165, 1.54) is 33.5 Å². The Bertz CT molecular complexity index is 1140. The minimum atomic E-state index is 0.0360. The summed E-state index contributed by atoms with van der Waals surface area (Å²) >= 11 is 0. The first-order valence-corrected chi connectivity index (χ1v) is 11.9. The molecule has 0 saturated carbocycles. The van der Waals surface area contributed by atoms with Crippen molar-refractivity contribution in [2.24, 2.45) is 0 Å². The molecule has 0 radical (unpaired) electrons. The van der Waals surface area contributed by atoms with Crippen molar-refractivity contribution in [1.29, 1.82) is 0 Å². The molecule has 0 aromatic heterocycles. The zero-order valence-corrected chi connectivity index (χ0v) is 19.5. The summed E-state index contributed by atoms with van der Waals surface area (Å²) in [5, 5.41) is 0. The number of anilines is 1. The Morgan fingerprint density at radius 3 is 1.00 bits per heavy atom. The first-order valence-electron chi connectivity index (χ1n) is 11.9. The lowest BCUT2D eigenvalue weighted by atomic mass is 9.89. The number of hydrogen-bond donors (Lipinski definition) is 0. The van der Waals surface area contributed by atoms with Crippen LogP contribution in [0.2, 0.25) is 0 Å². The highest BCUT2D eigenvalue weighted by atomic mass is 15.2. The number of para-hydroxylation sites is 1. The molecule has 34 heavy (non-hydrogen) atoms. The molecule has 166 valence electrons. The van der Waals surface area contributed by atoms with Crippen molar-refractivity contribution in [3.8, 4) is 0 Å². The smallest absolute Gasteiger partial charge is 0.0805 e. The molecule has 0 fully saturated rings. The van der Waals surface area contributed by atoms with Crippen molar-refractivity contribution in [2.75, 3.05) is 4.90 Å². The van der Waals surface area contributed by atoms with Crippen LogP contribution in [-0.2, 0) is 0 Å². The van der Waals surface area contributed by atoms with E-state index in [-0.39, 0.29) is 12.1 Å². The molecule has 0 N–H and O–H groups in total. The second-order valence-electron chi connectivity index (χ2n) is 8.64. The summed E-state index contributed by atoms with van der Waals surface area (Å²) in [5.41, 5.74) is 7.58. The summed E-state index contributed by atoms with van der Waals surface area (Å²) in [4.78, 5) is 2.60. The van der Waals surface area contributed by atoms with Gasteiger partial charge in [0.25, 0.3) is 0 Å². The number of benzene rings is 5. The molecule has 0 aliphatic rings. The first kappa shape index (κ1) is 21.7. The molecule has 0 amide bonds. The highest BCUT2D eigenvalue weighted by Crippen LogP contribution is 2.43. The number of aryl methyl sites for hydroxylation is 1. The van der Waals surface area contributed by atoms with E-state index in [2.05, 4.69) is 157 Å². The van der Waals surface area contributed by atoms with E-state index in [0.29, 0.717) is 0 Å². The molecule has 0 aliphatic carbocycles. The van der Waals surface area contributed by atoms with Gasteiger partial charge in [0.15, 0.2) is 0 Å². The average Bonchev–Trinajstić information content (AvgIpc) is 2.91. The highest BCUT2D eigenvalue weighted by molar-refractivity contribution is 5.61. The van der Waals surface area contributed by atoms with Gasteiger partial charge in [-0.3, -0.25) is 0 Å². The largest absolute Gasteiger partial charge is 0.349 e. The summed E-state index contributed by atoms with van der Waals surface area (Å²) < 4.78 is 0. The van der Waals surface area contributed by atoms with Gasteiger partial charge in [-0.25, -0.2) is 0 Å². The lowest BCUT2D eigenvalue weighted by Crippen LogP contribution is -2.35. The Hall–Kier alpha value is -4.10. The lowest BCUT2D eigenvalue weighted by Gasteiger charge is -2.42. The Labute approximate surface area is 203 Å². The molecule has 0 heterocycles. The SMILES string of the molecule is Cc1ccccc1N(C(c1ccccc1)c1ccccc1)C(c1ccccc1)c1ccccc1. The quantitative estimate of drug-likeness (QED) is 0.246. The van der Waals surface area contributed by atoms with Crippen LogP contribution in [0.3, 0.4) is 0 Å². The Morgan fingerprint density at radius 1 is 0.382 bits per heavy atom. The number of hydrogen-bond acceptors (Lipinski definition) is 1. The molecule has 0 spiro atoms. The van der Waals surface area contributed by atoms with Gasteiger partial charge in [0.1, 0.15) is 0 Å². The third-order valence-electron chi connectivity index (χ3n) is 6.41. The minimum Gasteiger partial charge on any atom is -0.349 e. The van der Waals surface area contributed by atoms with Crippen molar-refractivity contribution in [3.05, 3.63) is 173 Å². The van der Waals surface area contributed by atoms with Gasteiger partial charge >= 0.3 is 0 Å². The molecule has 1 nitrogen and oxygen atoms in total. The molecule has 0 unspecified atom stereocenters. The van der Waals surface area contributed by atoms with Gasteiger partial charge in [0.05, 0.1) is 12.1 Å². The van der Waals surface area contributed by atoms with E-state index in [0.717, 1.165) is 0 Å². The fourth-order valence-corrected chi connectivity index (χ4v) is 4.85. The van der Waals surface area contributed by atoms with Crippen LogP contribution in [0, 0.1) is 6.92 Å². The number of nitrogens with zero attached hydrogens (tertiary/aromatic N) is 1. The molecular formula is C33H29N. The third-order valence-corrected chi connectivity index (χ3v) is 6.41. The van der Waals surface area contributed by atoms with E-state index < -0.39 is 0 Å². The topological polar surface area (TPSA) is 3.24 Å². The third kappa shape index (κ3) is 4.51. The standard InChI is InChI=1S/C33H29N/c1-26-16-14-15-25-31(26)34(32(27-17-6-2-7-18-27)28-19-8-3-9-20-28)33(29-21-10-4-11-22-29)30-23-12-5-13-24-30/h2-25,32-33H,1H3. The van der Waals surface area contributed by atoms with Crippen LogP contribution in [-0.4, -0.2) is 0 Å². The molecule has 5 rings (SSSR count). The van der Waals surface area contributed by atoms with Crippen LogP contribution in [0.4, 0.5) is 5.69 Å². The van der Waals surface area contributed by atoms with Crippen LogP contribution in [0.25, 0.3) is 0 Å². The maximum absolute atomic E-state index is 2.60. The highest BCUT2D eigenvalue weighted by Gasteiger charge is 2.32. The van der Waals surface area contributed by atoms with Crippen molar-refractivity contribution >= 4 is 5.69 Å². The van der Waals surface area contributed by atoms with Crippen LogP contribution in [0.5, 0.6) is 0 Å². The zero-order chi connectivity index (χ0) is 23.2. The van der Waals surface area contributed by atoms with E-state index in [1.807, 2.05) is 0 Å². The van der Waals surface area contributed by atoms with Crippen molar-refractivity contribution < 1.29 is 0 Å². The molecule has 0 saturated heterocycles. The van der Waals surface area contributed by atoms with Gasteiger partial charge in [-0.1, -0.05) is 140 Å². The summed E-state index contributed by atoms with van der Waals surface area (Å²) in [6.45, 7) is 2.21. The van der Waals surface area contributed by atoms with E-state index >= 15 is 0 Å². The van der Waals surface area contributed by atoms with Gasteiger partial charge in [-0.15, -0.1) is 0 Å². The molecule has 0 atom stereocenters. The predicted molar refractivity (Wildman–Crippen MR) is 143 cm³/mol. The van der Waals surface area contributed by atoms with Crippen molar-refractivity contribution in [1.82, 2.24) is 0 Å². The maximum Gasteiger partial charge on any atom is 0.0805 e. The molecule has 5 aromatic carbocycles. The van der Waals surface area contributed by atoms with Crippen molar-refractivity contribution in [2.45, 2.75) is 19.0 Å². The molecule has 1 heteroatoms.